The van der Waals surface area contributed by atoms with Crippen LogP contribution < -0.4 is 32.7 Å². The second-order valence-electron chi connectivity index (χ2n) is 7.92. The SMILES string of the molecule is CC(C)(C)OC(=O)N[C@H](CNCCCNCCCCNCCCN)CC(N)=O. The first-order chi connectivity index (χ1) is 13.2. The number of hydrogen-bond donors (Lipinski definition) is 6. The van der Waals surface area contributed by atoms with E-state index in [2.05, 4.69) is 21.3 Å². The summed E-state index contributed by atoms with van der Waals surface area (Å²) in [6, 6.07) is -0.382. The first kappa shape index (κ1) is 26.6. The molecule has 0 aliphatic carbocycles. The number of alkyl carbamates (subject to hydrolysis) is 1. The van der Waals surface area contributed by atoms with Crippen LogP contribution in [-0.4, -0.2) is 69.5 Å². The number of unbranched alkanes of at least 4 members (excludes halogenated alkanes) is 1. The molecule has 0 bridgehead atoms. The van der Waals surface area contributed by atoms with Crippen molar-refractivity contribution in [3.63, 3.8) is 0 Å². The predicted molar refractivity (Wildman–Crippen MR) is 113 cm³/mol. The zero-order chi connectivity index (χ0) is 21.3. The lowest BCUT2D eigenvalue weighted by Gasteiger charge is -2.23. The molecule has 0 aliphatic rings. The summed E-state index contributed by atoms with van der Waals surface area (Å²) in [5.41, 5.74) is 10.1. The summed E-state index contributed by atoms with van der Waals surface area (Å²) < 4.78 is 5.22. The summed E-state index contributed by atoms with van der Waals surface area (Å²) in [6.07, 6.45) is 3.82. The third kappa shape index (κ3) is 19.3. The van der Waals surface area contributed by atoms with Crippen molar-refractivity contribution in [1.82, 2.24) is 21.3 Å². The Balaban J connectivity index is 3.71. The highest BCUT2D eigenvalue weighted by atomic mass is 16.6. The molecule has 0 spiro atoms. The number of nitrogens with two attached hydrogens (primary N) is 2. The van der Waals surface area contributed by atoms with E-state index in [9.17, 15) is 9.59 Å². The van der Waals surface area contributed by atoms with E-state index in [0.717, 1.165) is 65.0 Å². The van der Waals surface area contributed by atoms with Crippen LogP contribution in [0.5, 0.6) is 0 Å². The fourth-order valence-corrected chi connectivity index (χ4v) is 2.48. The maximum atomic E-state index is 11.9. The molecule has 9 heteroatoms. The molecule has 9 nitrogen and oxygen atoms in total. The van der Waals surface area contributed by atoms with Crippen LogP contribution in [0.4, 0.5) is 4.79 Å². The normalized spacial score (nSPS) is 12.6. The van der Waals surface area contributed by atoms with E-state index in [1.807, 2.05) is 0 Å². The molecular formula is C19H42N6O3. The van der Waals surface area contributed by atoms with Gasteiger partial charge in [0.15, 0.2) is 0 Å². The van der Waals surface area contributed by atoms with E-state index in [1.165, 1.54) is 0 Å². The minimum atomic E-state index is -0.582. The molecule has 0 rings (SSSR count). The van der Waals surface area contributed by atoms with E-state index in [0.29, 0.717) is 6.54 Å². The standard InChI is InChI=1S/C19H42N6O3/c1-19(2,3)28-18(27)25-16(14-17(21)26)15-24-13-7-12-23-10-5-4-9-22-11-6-8-20/h16,22-24H,4-15,20H2,1-3H3,(H2,21,26)(H,25,27)/t16-/m0/s1. The molecule has 0 aromatic rings. The van der Waals surface area contributed by atoms with Crippen molar-refractivity contribution in [2.75, 3.05) is 45.8 Å². The number of amides is 2. The molecule has 0 radical (unpaired) electrons. The molecule has 0 unspecified atom stereocenters. The highest BCUT2D eigenvalue weighted by Gasteiger charge is 2.20. The number of carbonyl (C=O) groups is 2. The second-order valence-corrected chi connectivity index (χ2v) is 7.92. The fraction of sp³-hybridized carbons (Fsp3) is 0.895. The van der Waals surface area contributed by atoms with Gasteiger partial charge in [0.1, 0.15) is 5.60 Å². The summed E-state index contributed by atoms with van der Waals surface area (Å²) in [5.74, 6) is -0.456. The van der Waals surface area contributed by atoms with Crippen LogP contribution in [0, 0.1) is 0 Å². The molecule has 1 atom stereocenters. The number of ether oxygens (including phenoxy) is 1. The van der Waals surface area contributed by atoms with Gasteiger partial charge in [0.05, 0.1) is 6.04 Å². The van der Waals surface area contributed by atoms with Crippen molar-refractivity contribution in [3.05, 3.63) is 0 Å². The smallest absolute Gasteiger partial charge is 0.407 e. The number of rotatable bonds is 17. The molecular weight excluding hydrogens is 360 g/mol. The van der Waals surface area contributed by atoms with Crippen molar-refractivity contribution < 1.29 is 14.3 Å². The van der Waals surface area contributed by atoms with Crippen LogP contribution in [0.25, 0.3) is 0 Å². The van der Waals surface area contributed by atoms with Crippen molar-refractivity contribution in [3.8, 4) is 0 Å². The van der Waals surface area contributed by atoms with Gasteiger partial charge in [-0.3, -0.25) is 4.79 Å². The minimum Gasteiger partial charge on any atom is -0.444 e. The third-order valence-electron chi connectivity index (χ3n) is 3.78. The molecule has 0 aromatic heterocycles. The molecule has 0 saturated heterocycles. The number of hydrogen-bond acceptors (Lipinski definition) is 7. The highest BCUT2D eigenvalue weighted by Crippen LogP contribution is 2.07. The maximum absolute atomic E-state index is 11.9. The first-order valence-electron chi connectivity index (χ1n) is 10.3. The lowest BCUT2D eigenvalue weighted by Crippen LogP contribution is -2.46. The fourth-order valence-electron chi connectivity index (χ4n) is 2.48. The molecule has 2 amide bonds. The molecule has 0 fully saturated rings. The quantitative estimate of drug-likeness (QED) is 0.189. The number of primary amides is 1. The average molecular weight is 403 g/mol. The Hall–Kier alpha value is -1.42. The van der Waals surface area contributed by atoms with E-state index in [-0.39, 0.29) is 12.5 Å². The van der Waals surface area contributed by atoms with Crippen LogP contribution in [0.2, 0.25) is 0 Å². The summed E-state index contributed by atoms with van der Waals surface area (Å²) in [7, 11) is 0. The summed E-state index contributed by atoms with van der Waals surface area (Å²) >= 11 is 0. The Labute approximate surface area is 170 Å². The van der Waals surface area contributed by atoms with E-state index >= 15 is 0 Å². The highest BCUT2D eigenvalue weighted by molar-refractivity contribution is 5.76. The van der Waals surface area contributed by atoms with Gasteiger partial charge in [0.2, 0.25) is 5.91 Å². The van der Waals surface area contributed by atoms with Crippen molar-refractivity contribution >= 4 is 12.0 Å². The molecule has 28 heavy (non-hydrogen) atoms. The lowest BCUT2D eigenvalue weighted by atomic mass is 10.2. The van der Waals surface area contributed by atoms with Crippen LogP contribution >= 0.6 is 0 Å². The van der Waals surface area contributed by atoms with Gasteiger partial charge in [-0.05, 0) is 85.7 Å². The first-order valence-corrected chi connectivity index (χ1v) is 10.3. The van der Waals surface area contributed by atoms with Crippen molar-refractivity contribution in [1.29, 1.82) is 0 Å². The van der Waals surface area contributed by atoms with Gasteiger partial charge in [-0.25, -0.2) is 4.79 Å². The second kappa shape index (κ2) is 16.5. The maximum Gasteiger partial charge on any atom is 0.407 e. The van der Waals surface area contributed by atoms with Crippen LogP contribution in [0.1, 0.15) is 52.9 Å². The average Bonchev–Trinajstić information content (AvgIpc) is 2.56. The summed E-state index contributed by atoms with van der Waals surface area (Å²) in [5, 5.41) is 12.7. The molecule has 166 valence electrons. The Morgan fingerprint density at radius 1 is 0.893 bits per heavy atom. The van der Waals surface area contributed by atoms with E-state index < -0.39 is 17.6 Å². The van der Waals surface area contributed by atoms with Gasteiger partial charge < -0.3 is 37.5 Å². The molecule has 0 aromatic carbocycles. The Morgan fingerprint density at radius 3 is 1.96 bits per heavy atom. The van der Waals surface area contributed by atoms with E-state index in [4.69, 9.17) is 16.2 Å². The van der Waals surface area contributed by atoms with Crippen molar-refractivity contribution in [2.24, 2.45) is 11.5 Å². The Bertz CT molecular complexity index is 415. The molecule has 0 heterocycles. The number of nitrogens with one attached hydrogen (secondary N) is 4. The van der Waals surface area contributed by atoms with Gasteiger partial charge in [0, 0.05) is 13.0 Å². The van der Waals surface area contributed by atoms with E-state index in [1.54, 1.807) is 20.8 Å². The largest absolute Gasteiger partial charge is 0.444 e. The Morgan fingerprint density at radius 2 is 1.43 bits per heavy atom. The summed E-state index contributed by atoms with van der Waals surface area (Å²) in [4.78, 5) is 23.0. The van der Waals surface area contributed by atoms with Crippen molar-refractivity contribution in [2.45, 2.75) is 64.5 Å². The van der Waals surface area contributed by atoms with Gasteiger partial charge in [-0.2, -0.15) is 0 Å². The topological polar surface area (TPSA) is 144 Å². The summed E-state index contributed by atoms with van der Waals surface area (Å²) in [6.45, 7) is 11.3. The van der Waals surface area contributed by atoms with Gasteiger partial charge in [0.25, 0.3) is 0 Å². The lowest BCUT2D eigenvalue weighted by molar-refractivity contribution is -0.118. The van der Waals surface area contributed by atoms with Crippen LogP contribution in [-0.2, 0) is 9.53 Å². The third-order valence-corrected chi connectivity index (χ3v) is 3.78. The van der Waals surface area contributed by atoms with Crippen LogP contribution in [0.15, 0.2) is 0 Å². The van der Waals surface area contributed by atoms with Gasteiger partial charge in [-0.1, -0.05) is 0 Å². The Kier molecular flexibility index (Phi) is 15.7. The van der Waals surface area contributed by atoms with Gasteiger partial charge in [-0.15, -0.1) is 0 Å². The van der Waals surface area contributed by atoms with Gasteiger partial charge >= 0.3 is 6.09 Å². The zero-order valence-corrected chi connectivity index (χ0v) is 17.9. The molecule has 0 aliphatic heterocycles. The molecule has 0 saturated carbocycles. The van der Waals surface area contributed by atoms with Crippen LogP contribution in [0.3, 0.4) is 0 Å². The molecule has 8 N–H and O–H groups in total. The zero-order valence-electron chi connectivity index (χ0n) is 17.9. The minimum absolute atomic E-state index is 0.0732. The monoisotopic (exact) mass is 402 g/mol. The number of carbonyl (C=O) groups excluding carboxylic acids is 2. The predicted octanol–water partition coefficient (Wildman–Crippen LogP) is 0.0430.